The molecular weight excluding hydrogens is 251 g/mol. The normalized spacial score (nSPS) is 32.8. The summed E-state index contributed by atoms with van der Waals surface area (Å²) in [7, 11) is 0. The summed E-state index contributed by atoms with van der Waals surface area (Å²) in [5, 5.41) is 0. The molecule has 0 saturated heterocycles. The molecular formula is C15H26F3N. The van der Waals surface area contributed by atoms with E-state index in [-0.39, 0.29) is 18.9 Å². The van der Waals surface area contributed by atoms with Crippen molar-refractivity contribution >= 4 is 0 Å². The first-order valence-corrected chi connectivity index (χ1v) is 7.81. The van der Waals surface area contributed by atoms with E-state index in [1.165, 1.54) is 38.5 Å². The molecule has 0 aliphatic heterocycles. The monoisotopic (exact) mass is 277 g/mol. The van der Waals surface area contributed by atoms with Crippen LogP contribution in [-0.4, -0.2) is 12.2 Å². The maximum atomic E-state index is 12.6. The van der Waals surface area contributed by atoms with Crippen LogP contribution in [0.4, 0.5) is 13.2 Å². The Kier molecular flexibility index (Phi) is 5.15. The number of rotatable bonds is 2. The van der Waals surface area contributed by atoms with Gasteiger partial charge >= 0.3 is 6.18 Å². The third-order valence-electron chi connectivity index (χ3n) is 5.22. The minimum Gasteiger partial charge on any atom is -0.327 e. The van der Waals surface area contributed by atoms with Crippen LogP contribution < -0.4 is 5.73 Å². The van der Waals surface area contributed by atoms with E-state index in [1.54, 1.807) is 0 Å². The second kappa shape index (κ2) is 6.47. The maximum absolute atomic E-state index is 12.6. The van der Waals surface area contributed by atoms with Gasteiger partial charge in [0.15, 0.2) is 0 Å². The Balaban J connectivity index is 1.83. The fourth-order valence-corrected chi connectivity index (χ4v) is 3.91. The highest BCUT2D eigenvalue weighted by atomic mass is 19.4. The number of nitrogens with two attached hydrogens (primary N) is 1. The molecule has 19 heavy (non-hydrogen) atoms. The van der Waals surface area contributed by atoms with Gasteiger partial charge in [-0.25, -0.2) is 0 Å². The molecule has 2 rings (SSSR count). The highest BCUT2D eigenvalue weighted by molar-refractivity contribution is 4.86. The molecule has 0 radical (unpaired) electrons. The summed E-state index contributed by atoms with van der Waals surface area (Å²) in [6.45, 7) is 0. The van der Waals surface area contributed by atoms with Gasteiger partial charge in [-0.3, -0.25) is 0 Å². The first-order chi connectivity index (χ1) is 8.98. The van der Waals surface area contributed by atoms with Crippen LogP contribution in [0.25, 0.3) is 0 Å². The van der Waals surface area contributed by atoms with Gasteiger partial charge in [0.25, 0.3) is 0 Å². The molecule has 0 aromatic carbocycles. The van der Waals surface area contributed by atoms with E-state index in [0.717, 1.165) is 0 Å². The second-order valence-electron chi connectivity index (χ2n) is 6.48. The zero-order chi connectivity index (χ0) is 13.9. The Morgan fingerprint density at radius 2 is 1.21 bits per heavy atom. The Morgan fingerprint density at radius 1 is 0.737 bits per heavy atom. The van der Waals surface area contributed by atoms with Crippen LogP contribution >= 0.6 is 0 Å². The summed E-state index contributed by atoms with van der Waals surface area (Å²) in [6.07, 6.45) is 5.35. The summed E-state index contributed by atoms with van der Waals surface area (Å²) >= 11 is 0. The summed E-state index contributed by atoms with van der Waals surface area (Å²) in [5.74, 6) is -0.207. The fraction of sp³-hybridized carbons (Fsp3) is 1.00. The number of hydrogen-bond acceptors (Lipinski definition) is 1. The van der Waals surface area contributed by atoms with Gasteiger partial charge in [-0.15, -0.1) is 0 Å². The van der Waals surface area contributed by atoms with Crippen molar-refractivity contribution in [3.8, 4) is 0 Å². The molecule has 0 aromatic heterocycles. The van der Waals surface area contributed by atoms with Gasteiger partial charge in [0.05, 0.1) is 5.92 Å². The van der Waals surface area contributed by atoms with Gasteiger partial charge in [0, 0.05) is 6.04 Å². The van der Waals surface area contributed by atoms with Crippen LogP contribution in [0.15, 0.2) is 0 Å². The molecule has 1 nitrogen and oxygen atoms in total. The van der Waals surface area contributed by atoms with Gasteiger partial charge in [-0.05, 0) is 50.4 Å². The van der Waals surface area contributed by atoms with E-state index < -0.39 is 12.1 Å². The number of hydrogen-bond donors (Lipinski definition) is 1. The molecule has 112 valence electrons. The SMILES string of the molecule is NC(C1CCCCCC1)C1CCC(C(F)(F)F)CC1. The van der Waals surface area contributed by atoms with Gasteiger partial charge in [-0.2, -0.15) is 13.2 Å². The Bertz CT molecular complexity index is 261. The van der Waals surface area contributed by atoms with Crippen molar-refractivity contribution in [2.24, 2.45) is 23.5 Å². The summed E-state index contributed by atoms with van der Waals surface area (Å²) in [6, 6.07) is 0.132. The van der Waals surface area contributed by atoms with Crippen LogP contribution in [0.2, 0.25) is 0 Å². The molecule has 1 unspecified atom stereocenters. The van der Waals surface area contributed by atoms with E-state index in [4.69, 9.17) is 5.73 Å². The van der Waals surface area contributed by atoms with Crippen LogP contribution in [-0.2, 0) is 0 Å². The average molecular weight is 277 g/mol. The van der Waals surface area contributed by atoms with Gasteiger partial charge < -0.3 is 5.73 Å². The number of halogens is 3. The maximum Gasteiger partial charge on any atom is 0.391 e. The molecule has 1 atom stereocenters. The molecule has 0 spiro atoms. The zero-order valence-corrected chi connectivity index (χ0v) is 11.6. The van der Waals surface area contributed by atoms with Crippen molar-refractivity contribution in [3.05, 3.63) is 0 Å². The Morgan fingerprint density at radius 3 is 1.68 bits per heavy atom. The van der Waals surface area contributed by atoms with Crippen molar-refractivity contribution in [1.29, 1.82) is 0 Å². The first-order valence-electron chi connectivity index (χ1n) is 7.81. The molecule has 4 heteroatoms. The summed E-state index contributed by atoms with van der Waals surface area (Å²) in [5.41, 5.74) is 6.37. The third-order valence-corrected chi connectivity index (χ3v) is 5.22. The molecule has 2 fully saturated rings. The van der Waals surface area contributed by atoms with Crippen molar-refractivity contribution in [2.45, 2.75) is 76.4 Å². The molecule has 0 amide bonds. The largest absolute Gasteiger partial charge is 0.391 e. The highest BCUT2D eigenvalue weighted by Gasteiger charge is 2.42. The van der Waals surface area contributed by atoms with Crippen molar-refractivity contribution < 1.29 is 13.2 Å². The lowest BCUT2D eigenvalue weighted by molar-refractivity contribution is -0.184. The van der Waals surface area contributed by atoms with E-state index in [0.29, 0.717) is 24.7 Å². The van der Waals surface area contributed by atoms with Crippen LogP contribution in [0.3, 0.4) is 0 Å². The molecule has 2 N–H and O–H groups in total. The third kappa shape index (κ3) is 4.11. The van der Waals surface area contributed by atoms with E-state index in [9.17, 15) is 13.2 Å². The van der Waals surface area contributed by atoms with Crippen LogP contribution in [0, 0.1) is 17.8 Å². The minimum atomic E-state index is -4.00. The van der Waals surface area contributed by atoms with Gasteiger partial charge in [-0.1, -0.05) is 25.7 Å². The Hall–Kier alpha value is -0.250. The smallest absolute Gasteiger partial charge is 0.327 e. The predicted molar refractivity (Wildman–Crippen MR) is 70.7 cm³/mol. The molecule has 2 aliphatic rings. The first kappa shape index (κ1) is 15.1. The van der Waals surface area contributed by atoms with Crippen LogP contribution in [0.1, 0.15) is 64.2 Å². The molecule has 0 bridgehead atoms. The van der Waals surface area contributed by atoms with E-state index in [1.807, 2.05) is 0 Å². The lowest BCUT2D eigenvalue weighted by atomic mass is 9.73. The van der Waals surface area contributed by atoms with Crippen molar-refractivity contribution in [1.82, 2.24) is 0 Å². The fourth-order valence-electron chi connectivity index (χ4n) is 3.91. The van der Waals surface area contributed by atoms with E-state index >= 15 is 0 Å². The molecule has 2 aliphatic carbocycles. The van der Waals surface area contributed by atoms with Crippen molar-refractivity contribution in [3.63, 3.8) is 0 Å². The molecule has 0 heterocycles. The number of alkyl halides is 3. The quantitative estimate of drug-likeness (QED) is 0.730. The second-order valence-corrected chi connectivity index (χ2v) is 6.48. The van der Waals surface area contributed by atoms with Gasteiger partial charge in [0.2, 0.25) is 0 Å². The lowest BCUT2D eigenvalue weighted by Crippen LogP contribution is -2.40. The molecule has 0 aromatic rings. The lowest BCUT2D eigenvalue weighted by Gasteiger charge is -2.36. The minimum absolute atomic E-state index is 0.132. The standard InChI is InChI=1S/C15H26F3N/c16-15(17,18)13-9-7-12(8-10-13)14(19)11-5-3-1-2-4-6-11/h11-14H,1-10,19H2. The van der Waals surface area contributed by atoms with E-state index in [2.05, 4.69) is 0 Å². The predicted octanol–water partition coefficient (Wildman–Crippen LogP) is 4.65. The van der Waals surface area contributed by atoms with Crippen LogP contribution in [0.5, 0.6) is 0 Å². The zero-order valence-electron chi connectivity index (χ0n) is 11.6. The summed E-state index contributed by atoms with van der Waals surface area (Å²) in [4.78, 5) is 0. The Labute approximate surface area is 114 Å². The molecule has 2 saturated carbocycles. The summed E-state index contributed by atoms with van der Waals surface area (Å²) < 4.78 is 37.9. The van der Waals surface area contributed by atoms with Crippen molar-refractivity contribution in [2.75, 3.05) is 0 Å². The van der Waals surface area contributed by atoms with Gasteiger partial charge in [0.1, 0.15) is 0 Å². The highest BCUT2D eigenvalue weighted by Crippen LogP contribution is 2.42. The average Bonchev–Trinajstić information content (AvgIpc) is 2.66. The topological polar surface area (TPSA) is 26.0 Å².